The molecule has 1 heterocycles. The van der Waals surface area contributed by atoms with Crippen LogP contribution in [0.15, 0.2) is 6.20 Å². The van der Waals surface area contributed by atoms with Crippen molar-refractivity contribution in [1.29, 1.82) is 0 Å². The average Bonchev–Trinajstić information content (AvgIpc) is 2.54. The Bertz CT molecular complexity index is 635. The summed E-state index contributed by atoms with van der Waals surface area (Å²) in [5.74, 6) is 0.672. The van der Waals surface area contributed by atoms with Crippen molar-refractivity contribution in [2.75, 3.05) is 5.73 Å². The third-order valence-corrected chi connectivity index (χ3v) is 5.79. The number of hydrogen-bond acceptors (Lipinski definition) is 4. The van der Waals surface area contributed by atoms with E-state index in [0.717, 1.165) is 0 Å². The molecule has 0 spiro atoms. The molecule has 0 aromatic carbocycles. The minimum atomic E-state index is -4.18. The van der Waals surface area contributed by atoms with Crippen molar-refractivity contribution in [1.82, 2.24) is 15.3 Å². The normalized spacial score (nSPS) is 29.5. The van der Waals surface area contributed by atoms with Crippen LogP contribution in [0.3, 0.4) is 0 Å². The lowest BCUT2D eigenvalue weighted by Crippen LogP contribution is -2.54. The molecule has 0 aliphatic heterocycles. The van der Waals surface area contributed by atoms with Crippen LogP contribution >= 0.6 is 0 Å². The lowest BCUT2D eigenvalue weighted by molar-refractivity contribution is -0.258. The fraction of sp³-hybridized carbons (Fsp3) is 0.688. The number of nitrogens with zero attached hydrogens (tertiary/aromatic N) is 2. The lowest BCUT2D eigenvalue weighted by atomic mass is 9.53. The second kappa shape index (κ2) is 5.60. The Kier molecular flexibility index (Phi) is 3.96. The van der Waals surface area contributed by atoms with E-state index in [1.54, 1.807) is 13.1 Å². The Morgan fingerprint density at radius 3 is 2.33 bits per heavy atom. The zero-order valence-electron chi connectivity index (χ0n) is 13.5. The maximum Gasteiger partial charge on any atom is 0.394 e. The molecule has 3 saturated carbocycles. The van der Waals surface area contributed by atoms with Crippen LogP contribution in [0.1, 0.15) is 49.9 Å². The van der Waals surface area contributed by atoms with Crippen molar-refractivity contribution in [2.24, 2.45) is 10.8 Å². The van der Waals surface area contributed by atoms with Gasteiger partial charge in [-0.2, -0.15) is 13.2 Å². The van der Waals surface area contributed by atoms with Crippen LogP contribution in [0.4, 0.5) is 19.0 Å². The highest BCUT2D eigenvalue weighted by Gasteiger charge is 2.62. The molecule has 2 bridgehead atoms. The molecule has 3 aliphatic carbocycles. The maximum atomic E-state index is 13.3. The van der Waals surface area contributed by atoms with Gasteiger partial charge in [0, 0.05) is 23.7 Å². The fourth-order valence-electron chi connectivity index (χ4n) is 3.96. The predicted octanol–water partition coefficient (Wildman–Crippen LogP) is 2.89. The number of alkyl halides is 3. The van der Waals surface area contributed by atoms with E-state index in [1.165, 1.54) is 0 Å². The number of hydrogen-bond donors (Lipinski definition) is 2. The van der Waals surface area contributed by atoms with Gasteiger partial charge in [-0.25, -0.2) is 9.97 Å². The predicted molar refractivity (Wildman–Crippen MR) is 81.7 cm³/mol. The molecule has 8 heteroatoms. The van der Waals surface area contributed by atoms with Gasteiger partial charge in [-0.15, -0.1) is 0 Å². The van der Waals surface area contributed by atoms with Crippen molar-refractivity contribution in [2.45, 2.75) is 58.2 Å². The molecule has 3 aliphatic rings. The minimum absolute atomic E-state index is 0.0414. The number of anilines is 1. The molecular weight excluding hydrogens is 321 g/mol. The maximum absolute atomic E-state index is 13.3. The number of fused-ring (bicyclic) bond motifs is 3. The first-order valence-electron chi connectivity index (χ1n) is 8.11. The molecule has 0 atom stereocenters. The second-order valence-corrected chi connectivity index (χ2v) is 7.07. The number of nitrogens with one attached hydrogen (secondary N) is 1. The number of nitrogens with two attached hydrogens (primary N) is 1. The third kappa shape index (κ3) is 2.71. The van der Waals surface area contributed by atoms with Crippen LogP contribution in [0.5, 0.6) is 0 Å². The Labute approximate surface area is 138 Å². The summed E-state index contributed by atoms with van der Waals surface area (Å²) in [6.07, 6.45) is -1.62. The van der Waals surface area contributed by atoms with Gasteiger partial charge in [0.15, 0.2) is 0 Å². The number of halogens is 3. The Morgan fingerprint density at radius 2 is 1.83 bits per heavy atom. The number of rotatable bonds is 3. The first kappa shape index (κ1) is 17.0. The quantitative estimate of drug-likeness (QED) is 0.885. The summed E-state index contributed by atoms with van der Waals surface area (Å²) >= 11 is 0. The molecule has 1 aromatic heterocycles. The van der Waals surface area contributed by atoms with Gasteiger partial charge >= 0.3 is 6.18 Å². The van der Waals surface area contributed by atoms with Crippen LogP contribution in [0, 0.1) is 17.8 Å². The van der Waals surface area contributed by atoms with E-state index in [4.69, 9.17) is 5.73 Å². The van der Waals surface area contributed by atoms with Crippen molar-refractivity contribution in [3.8, 4) is 0 Å². The summed E-state index contributed by atoms with van der Waals surface area (Å²) in [4.78, 5) is 20.7. The highest BCUT2D eigenvalue weighted by atomic mass is 19.4. The third-order valence-electron chi connectivity index (χ3n) is 5.79. The van der Waals surface area contributed by atoms with Crippen LogP contribution in [-0.2, 0) is 11.3 Å². The van der Waals surface area contributed by atoms with E-state index in [2.05, 4.69) is 15.3 Å². The van der Waals surface area contributed by atoms with Crippen LogP contribution in [0.2, 0.25) is 0 Å². The highest BCUT2D eigenvalue weighted by molar-refractivity contribution is 5.83. The monoisotopic (exact) mass is 342 g/mol. The van der Waals surface area contributed by atoms with Gasteiger partial charge in [0.25, 0.3) is 0 Å². The first-order valence-corrected chi connectivity index (χ1v) is 8.11. The Morgan fingerprint density at radius 1 is 1.25 bits per heavy atom. The van der Waals surface area contributed by atoms with E-state index in [0.29, 0.717) is 17.2 Å². The van der Waals surface area contributed by atoms with Gasteiger partial charge in [0.2, 0.25) is 5.91 Å². The van der Waals surface area contributed by atoms with Gasteiger partial charge in [0.05, 0.1) is 5.41 Å². The number of carbonyl (C=O) groups is 1. The van der Waals surface area contributed by atoms with Crippen molar-refractivity contribution < 1.29 is 18.0 Å². The summed E-state index contributed by atoms with van der Waals surface area (Å²) in [5, 5.41) is 2.82. The molecule has 3 N–H and O–H groups in total. The highest BCUT2D eigenvalue weighted by Crippen LogP contribution is 2.62. The van der Waals surface area contributed by atoms with Crippen LogP contribution in [0.25, 0.3) is 0 Å². The molecule has 1 aromatic rings. The molecule has 3 fully saturated rings. The smallest absolute Gasteiger partial charge is 0.383 e. The number of nitrogen functional groups attached to an aromatic ring is 1. The Hall–Kier alpha value is -1.86. The fourth-order valence-corrected chi connectivity index (χ4v) is 3.96. The topological polar surface area (TPSA) is 80.9 Å². The summed E-state index contributed by atoms with van der Waals surface area (Å²) in [6, 6.07) is 0. The first-order chi connectivity index (χ1) is 11.2. The SMILES string of the molecule is Cc1ncc(CNC(=O)C23CCC(C(F)(F)F)(CC2)CC3)c(N)n1. The summed E-state index contributed by atoms with van der Waals surface area (Å²) in [7, 11) is 0. The summed E-state index contributed by atoms with van der Waals surface area (Å²) in [6.45, 7) is 1.91. The average molecular weight is 342 g/mol. The van der Waals surface area contributed by atoms with Crippen molar-refractivity contribution >= 4 is 11.7 Å². The molecule has 0 unspecified atom stereocenters. The summed E-state index contributed by atoms with van der Waals surface area (Å²) < 4.78 is 39.8. The number of aryl methyl sites for hydroxylation is 1. The largest absolute Gasteiger partial charge is 0.394 e. The number of carbonyl (C=O) groups excluding carboxylic acids is 1. The van der Waals surface area contributed by atoms with Crippen molar-refractivity contribution in [3.63, 3.8) is 0 Å². The zero-order valence-corrected chi connectivity index (χ0v) is 13.5. The van der Waals surface area contributed by atoms with Crippen LogP contribution < -0.4 is 11.1 Å². The van der Waals surface area contributed by atoms with Gasteiger partial charge in [-0.05, 0) is 45.4 Å². The van der Waals surface area contributed by atoms with Gasteiger partial charge in [0.1, 0.15) is 11.6 Å². The minimum Gasteiger partial charge on any atom is -0.383 e. The molecule has 1 amide bonds. The van der Waals surface area contributed by atoms with Crippen LogP contribution in [-0.4, -0.2) is 22.1 Å². The molecule has 4 rings (SSSR count). The van der Waals surface area contributed by atoms with E-state index in [-0.39, 0.29) is 51.0 Å². The zero-order chi connectivity index (χ0) is 17.6. The lowest BCUT2D eigenvalue weighted by Gasteiger charge is -2.52. The van der Waals surface area contributed by atoms with E-state index >= 15 is 0 Å². The van der Waals surface area contributed by atoms with Crippen molar-refractivity contribution in [3.05, 3.63) is 17.6 Å². The molecule has 5 nitrogen and oxygen atoms in total. The van der Waals surface area contributed by atoms with Gasteiger partial charge in [-0.3, -0.25) is 4.79 Å². The molecule has 132 valence electrons. The summed E-state index contributed by atoms with van der Waals surface area (Å²) in [5.41, 5.74) is 4.16. The second-order valence-electron chi connectivity index (χ2n) is 7.07. The van der Waals surface area contributed by atoms with Gasteiger partial charge < -0.3 is 11.1 Å². The molecule has 24 heavy (non-hydrogen) atoms. The molecule has 0 saturated heterocycles. The van der Waals surface area contributed by atoms with E-state index in [9.17, 15) is 18.0 Å². The number of amides is 1. The van der Waals surface area contributed by atoms with E-state index < -0.39 is 17.0 Å². The molecular formula is C16H21F3N4O. The Balaban J connectivity index is 1.65. The molecule has 0 radical (unpaired) electrons. The van der Waals surface area contributed by atoms with Gasteiger partial charge in [-0.1, -0.05) is 0 Å². The standard InChI is InChI=1S/C16H21F3N4O/c1-10-21-8-11(12(20)23-10)9-22-13(24)14-2-5-15(6-3-14,7-4-14)16(17,18)19/h8H,2-7,9H2,1H3,(H,22,24)(H2,20,21,23). The number of aromatic nitrogens is 2. The van der Waals surface area contributed by atoms with E-state index in [1.807, 2.05) is 0 Å².